The molecule has 0 fully saturated rings. The summed E-state index contributed by atoms with van der Waals surface area (Å²) in [7, 11) is 1.54. The summed E-state index contributed by atoms with van der Waals surface area (Å²) >= 11 is 6.14. The van der Waals surface area contributed by atoms with Gasteiger partial charge in [-0.05, 0) is 30.1 Å². The van der Waals surface area contributed by atoms with Crippen molar-refractivity contribution in [1.29, 1.82) is 5.26 Å². The van der Waals surface area contributed by atoms with Crippen molar-refractivity contribution in [2.45, 2.75) is 0 Å². The van der Waals surface area contributed by atoms with E-state index in [1.54, 1.807) is 55.6 Å². The van der Waals surface area contributed by atoms with E-state index in [-0.39, 0.29) is 50.9 Å². The van der Waals surface area contributed by atoms with E-state index in [4.69, 9.17) is 17.0 Å². The molecule has 5 nitrogen and oxygen atoms in total. The maximum atomic E-state index is 12.3. The van der Waals surface area contributed by atoms with E-state index in [2.05, 4.69) is 5.32 Å². The Morgan fingerprint density at radius 1 is 1.22 bits per heavy atom. The average Bonchev–Trinajstić information content (AvgIpc) is 2.68. The number of nitrogens with zero attached hydrogens (tertiary/aromatic N) is 1. The van der Waals surface area contributed by atoms with Gasteiger partial charge in [-0.15, -0.1) is 11.8 Å². The molecule has 8 heteroatoms. The number of carbonyl (C=O) groups is 1. The van der Waals surface area contributed by atoms with Crippen LogP contribution >= 0.6 is 24.0 Å². The number of hydrogen-bond donors (Lipinski definition) is 1. The molecule has 0 aliphatic carbocycles. The van der Waals surface area contributed by atoms with Crippen molar-refractivity contribution in [2.24, 2.45) is 0 Å². The van der Waals surface area contributed by atoms with Crippen LogP contribution in [0.4, 0.5) is 5.69 Å². The summed E-state index contributed by atoms with van der Waals surface area (Å²) in [6.07, 6.45) is 0. The maximum absolute atomic E-state index is 12.3. The molecule has 0 saturated heterocycles. The molecule has 0 radical (unpaired) electrons. The predicted octanol–water partition coefficient (Wildman–Crippen LogP) is 0.150. The molecule has 2 rings (SSSR count). The van der Waals surface area contributed by atoms with Crippen LogP contribution in [0.15, 0.2) is 66.1 Å². The maximum Gasteiger partial charge on any atom is 1.00 e. The van der Waals surface area contributed by atoms with E-state index in [0.717, 1.165) is 11.8 Å². The number of ether oxygens (including phenoxy) is 1. The van der Waals surface area contributed by atoms with Crippen molar-refractivity contribution in [3.05, 3.63) is 71.6 Å². The number of ketones is 1. The Morgan fingerprint density at radius 2 is 1.85 bits per heavy atom. The van der Waals surface area contributed by atoms with Crippen LogP contribution in [0.3, 0.4) is 0 Å². The monoisotopic (exact) mass is 406 g/mol. The number of rotatable bonds is 7. The number of Topliss-reactive ketones (excluding diaryl/α,β-unsaturated/α-hetero) is 1. The summed E-state index contributed by atoms with van der Waals surface area (Å²) < 4.78 is 5.13. The van der Waals surface area contributed by atoms with Crippen LogP contribution in [-0.2, 0) is 0 Å². The largest absolute Gasteiger partial charge is 1.00 e. The molecule has 1 N–H and O–H groups in total. The van der Waals surface area contributed by atoms with E-state index >= 15 is 0 Å². The van der Waals surface area contributed by atoms with E-state index in [1.165, 1.54) is 0 Å². The molecule has 27 heavy (non-hydrogen) atoms. The summed E-state index contributed by atoms with van der Waals surface area (Å²) in [5.74, 6) is -0.0183. The van der Waals surface area contributed by atoms with Gasteiger partial charge in [-0.2, -0.15) is 5.26 Å². The topological polar surface area (TPSA) is 85.2 Å². The number of methoxy groups -OCH3 is 1. The zero-order valence-electron chi connectivity index (χ0n) is 14.9. The minimum atomic E-state index is -0.609. The summed E-state index contributed by atoms with van der Waals surface area (Å²) in [6, 6.07) is 17.3. The third-order valence-corrected chi connectivity index (χ3v) is 4.75. The van der Waals surface area contributed by atoms with Crippen LogP contribution in [0.5, 0.6) is 5.75 Å². The number of thioether (sulfide) groups is 1. The van der Waals surface area contributed by atoms with Gasteiger partial charge in [-0.25, -0.2) is 0 Å². The first kappa shape index (κ1) is 23.2. The Hall–Kier alpha value is -1.82. The summed E-state index contributed by atoms with van der Waals surface area (Å²) in [4.78, 5) is 12.1. The first-order valence-electron chi connectivity index (χ1n) is 7.53. The van der Waals surface area contributed by atoms with Gasteiger partial charge in [-0.1, -0.05) is 42.5 Å². The molecule has 0 atom stereocenters. The predicted molar refractivity (Wildman–Crippen MR) is 105 cm³/mol. The van der Waals surface area contributed by atoms with Crippen molar-refractivity contribution < 1.29 is 44.2 Å². The van der Waals surface area contributed by atoms with Crippen LogP contribution in [0.1, 0.15) is 10.4 Å². The van der Waals surface area contributed by atoms with Gasteiger partial charge < -0.3 is 15.2 Å². The number of nitriles is 1. The molecule has 0 saturated carbocycles. The van der Waals surface area contributed by atoms with Crippen molar-refractivity contribution in [3.63, 3.8) is 0 Å². The number of thiocarbonyl (C=S) groups is 1. The average molecular weight is 406 g/mol. The van der Waals surface area contributed by atoms with Gasteiger partial charge in [0.05, 0.1) is 22.6 Å². The van der Waals surface area contributed by atoms with Crippen molar-refractivity contribution in [2.75, 3.05) is 18.2 Å². The molecule has 0 aliphatic heterocycles. The van der Waals surface area contributed by atoms with Crippen LogP contribution in [0.2, 0.25) is 0 Å². The number of anilines is 1. The smallest absolute Gasteiger partial charge is 0.859 e. The third-order valence-electron chi connectivity index (χ3n) is 3.32. The second-order valence-electron chi connectivity index (χ2n) is 5.03. The molecule has 0 aliphatic rings. The molecule has 132 valence electrons. The van der Waals surface area contributed by atoms with E-state index in [1.807, 2.05) is 12.1 Å². The van der Waals surface area contributed by atoms with Crippen LogP contribution in [0, 0.1) is 11.3 Å². The molecule has 0 unspecified atom stereocenters. The van der Waals surface area contributed by atoms with Gasteiger partial charge in [0.2, 0.25) is 0 Å². The standard InChI is InChI=1S/C19H16N2O3S2.Na/c1-24-15-9-7-14(8-10-15)21-18(23)16(11-20)19(25)26-12-17(22)13-5-3-2-4-6-13;/h2-10,21,23H,12H2,1H3;/q;+1/p-1/b18-16-;. The minimum absolute atomic E-state index is 0. The van der Waals surface area contributed by atoms with Crippen LogP contribution in [-0.4, -0.2) is 22.8 Å². The number of hydrogen-bond acceptors (Lipinski definition) is 7. The molecule has 2 aromatic rings. The molecule has 2 aromatic carbocycles. The Balaban J connectivity index is 0.00000364. The summed E-state index contributed by atoms with van der Waals surface area (Å²) in [5.41, 5.74) is 0.877. The number of nitrogens with one attached hydrogen (secondary N) is 1. The number of carbonyl (C=O) groups excluding carboxylic acids is 1. The first-order chi connectivity index (χ1) is 12.5. The SMILES string of the molecule is COc1ccc(N/C([O-])=C(\C#N)C(=S)SCC(=O)c2ccccc2)cc1.[Na+]. The van der Waals surface area contributed by atoms with Crippen molar-refractivity contribution in [1.82, 2.24) is 0 Å². The van der Waals surface area contributed by atoms with E-state index in [9.17, 15) is 15.2 Å². The van der Waals surface area contributed by atoms with Gasteiger partial charge in [0.15, 0.2) is 5.78 Å². The van der Waals surface area contributed by atoms with Gasteiger partial charge >= 0.3 is 29.6 Å². The van der Waals surface area contributed by atoms with Crippen molar-refractivity contribution in [3.8, 4) is 11.8 Å². The van der Waals surface area contributed by atoms with Gasteiger partial charge in [0.1, 0.15) is 11.8 Å². The molecule has 0 aromatic heterocycles. The van der Waals surface area contributed by atoms with Gasteiger partial charge in [0.25, 0.3) is 0 Å². The second kappa shape index (κ2) is 11.8. The first-order valence-corrected chi connectivity index (χ1v) is 8.92. The molecule has 0 heterocycles. The fraction of sp³-hybridized carbons (Fsp3) is 0.105. The molecule has 0 bridgehead atoms. The number of benzene rings is 2. The van der Waals surface area contributed by atoms with Gasteiger partial charge in [-0.3, -0.25) is 4.79 Å². The van der Waals surface area contributed by atoms with E-state index in [0.29, 0.717) is 17.0 Å². The quantitative estimate of drug-likeness (QED) is 0.175. The van der Waals surface area contributed by atoms with Gasteiger partial charge in [0, 0.05) is 11.3 Å². The summed E-state index contributed by atoms with van der Waals surface area (Å²) in [5, 5.41) is 24.1. The normalized spacial score (nSPS) is 10.7. The minimum Gasteiger partial charge on any atom is -0.859 e. The van der Waals surface area contributed by atoms with Crippen LogP contribution in [0.25, 0.3) is 0 Å². The fourth-order valence-electron chi connectivity index (χ4n) is 1.97. The molecule has 0 amide bonds. The third kappa shape index (κ3) is 7.01. The molecule has 0 spiro atoms. The summed E-state index contributed by atoms with van der Waals surface area (Å²) in [6.45, 7) is 0. The second-order valence-corrected chi connectivity index (χ2v) is 6.69. The van der Waals surface area contributed by atoms with Crippen LogP contribution < -0.4 is 44.7 Å². The molecular formula is C19H15N2NaO3S2. The Morgan fingerprint density at radius 3 is 2.41 bits per heavy atom. The Bertz CT molecular complexity index is 863. The van der Waals surface area contributed by atoms with Crippen molar-refractivity contribution >= 4 is 39.6 Å². The Kier molecular flexibility index (Phi) is 10.1. The Labute approximate surface area is 189 Å². The zero-order valence-corrected chi connectivity index (χ0v) is 18.5. The molecular weight excluding hydrogens is 391 g/mol. The van der Waals surface area contributed by atoms with E-state index < -0.39 is 5.88 Å². The fourth-order valence-corrected chi connectivity index (χ4v) is 2.99. The zero-order chi connectivity index (χ0) is 18.9.